The van der Waals surface area contributed by atoms with E-state index < -0.39 is 6.09 Å². The van der Waals surface area contributed by atoms with Gasteiger partial charge in [-0.3, -0.25) is 4.79 Å². The minimum absolute atomic E-state index is 0.0540. The highest BCUT2D eigenvalue weighted by Crippen LogP contribution is 2.54. The van der Waals surface area contributed by atoms with Crippen molar-refractivity contribution in [2.45, 2.75) is 44.8 Å². The maximum Gasteiger partial charge on any atom is 0.426 e. The average molecular weight is 377 g/mol. The van der Waals surface area contributed by atoms with Crippen molar-refractivity contribution >= 4 is 23.6 Å². The normalized spacial score (nSPS) is 31.5. The molecule has 0 atom stereocenters. The Labute approximate surface area is 159 Å². The second kappa shape index (κ2) is 7.47. The van der Waals surface area contributed by atoms with E-state index in [1.807, 2.05) is 30.3 Å². The largest absolute Gasteiger partial charge is 0.443 e. The van der Waals surface area contributed by atoms with Gasteiger partial charge in [0.15, 0.2) is 0 Å². The highest BCUT2D eigenvalue weighted by atomic mass is 35.5. The molecule has 4 aliphatic rings. The number of carbonyl (C=O) groups excluding carboxylic acids is 2. The van der Waals surface area contributed by atoms with Gasteiger partial charge in [0.1, 0.15) is 12.5 Å². The highest BCUT2D eigenvalue weighted by molar-refractivity contribution is 6.27. The Kier molecular flexibility index (Phi) is 5.07. The van der Waals surface area contributed by atoms with Gasteiger partial charge in [-0.2, -0.15) is 0 Å². The summed E-state index contributed by atoms with van der Waals surface area (Å²) in [7, 11) is 0. The molecule has 1 aromatic carbocycles. The van der Waals surface area contributed by atoms with Crippen molar-refractivity contribution in [2.75, 3.05) is 5.88 Å². The number of hydrogen-bond donors (Lipinski definition) is 1. The molecule has 26 heavy (non-hydrogen) atoms. The molecule has 6 heteroatoms. The van der Waals surface area contributed by atoms with Crippen LogP contribution >= 0.6 is 11.6 Å². The summed E-state index contributed by atoms with van der Waals surface area (Å²) < 4.78 is 5.31. The summed E-state index contributed by atoms with van der Waals surface area (Å²) in [5.74, 6) is 2.14. The molecule has 5 nitrogen and oxygen atoms in total. The number of halogens is 1. The van der Waals surface area contributed by atoms with Gasteiger partial charge < -0.3 is 4.74 Å². The molecule has 0 saturated heterocycles. The molecular weight excluding hydrogens is 352 g/mol. The second-order valence-corrected chi connectivity index (χ2v) is 8.26. The molecule has 4 saturated carbocycles. The molecule has 140 valence electrons. The van der Waals surface area contributed by atoms with Gasteiger partial charge in [-0.25, -0.2) is 15.2 Å². The van der Waals surface area contributed by atoms with Crippen molar-refractivity contribution < 1.29 is 14.3 Å². The first-order valence-electron chi connectivity index (χ1n) is 9.49. The number of hydrogen-bond acceptors (Lipinski definition) is 3. The molecule has 4 aliphatic carbocycles. The third-order valence-electron chi connectivity index (χ3n) is 6.28. The van der Waals surface area contributed by atoms with E-state index in [1.54, 1.807) is 0 Å². The third-order valence-corrected chi connectivity index (χ3v) is 6.51. The van der Waals surface area contributed by atoms with Gasteiger partial charge in [-0.1, -0.05) is 30.3 Å². The van der Waals surface area contributed by atoms with Gasteiger partial charge in [-0.05, 0) is 61.3 Å². The summed E-state index contributed by atoms with van der Waals surface area (Å²) in [5.41, 5.74) is 3.61. The van der Waals surface area contributed by atoms with Gasteiger partial charge in [0.2, 0.25) is 0 Å². The van der Waals surface area contributed by atoms with E-state index in [1.165, 1.54) is 11.4 Å². The molecule has 2 amide bonds. The number of nitrogens with one attached hydrogen (secondary N) is 1. The first-order chi connectivity index (χ1) is 12.6. The molecule has 0 aliphatic heterocycles. The van der Waals surface area contributed by atoms with Crippen molar-refractivity contribution in [3.63, 3.8) is 0 Å². The predicted octanol–water partition coefficient (Wildman–Crippen LogP) is 3.72. The SMILES string of the molecule is O=C(NN(C(=O)CCl)C1C2CC3CC(C2)CC1C3)OCc1ccccc1. The number of carbonyl (C=O) groups is 2. The Balaban J connectivity index is 1.42. The number of benzene rings is 1. The van der Waals surface area contributed by atoms with Crippen LogP contribution in [-0.4, -0.2) is 28.9 Å². The van der Waals surface area contributed by atoms with E-state index in [9.17, 15) is 9.59 Å². The van der Waals surface area contributed by atoms with Gasteiger partial charge >= 0.3 is 6.09 Å². The fourth-order valence-corrected chi connectivity index (χ4v) is 5.67. The van der Waals surface area contributed by atoms with Crippen LogP contribution in [-0.2, 0) is 16.1 Å². The maximum absolute atomic E-state index is 12.5. The summed E-state index contributed by atoms with van der Waals surface area (Å²) in [4.78, 5) is 24.8. The van der Waals surface area contributed by atoms with Crippen LogP contribution in [0.5, 0.6) is 0 Å². The van der Waals surface area contributed by atoms with Crippen LogP contribution < -0.4 is 5.43 Å². The lowest BCUT2D eigenvalue weighted by Gasteiger charge is -2.56. The standard InChI is InChI=1S/C20H25ClN2O3/c21-11-18(24)23(22-20(25)26-12-13-4-2-1-3-5-13)19-16-7-14-6-15(9-16)10-17(19)8-14/h1-5,14-17,19H,6-12H2,(H,22,25). The number of hydrazine groups is 1. The van der Waals surface area contributed by atoms with Gasteiger partial charge in [0.25, 0.3) is 5.91 Å². The molecule has 1 aromatic rings. The summed E-state index contributed by atoms with van der Waals surface area (Å²) in [6.45, 7) is 0.178. The topological polar surface area (TPSA) is 58.6 Å². The Morgan fingerprint density at radius 1 is 1.04 bits per heavy atom. The van der Waals surface area contributed by atoms with Crippen LogP contribution in [0, 0.1) is 23.7 Å². The van der Waals surface area contributed by atoms with E-state index in [0.29, 0.717) is 11.8 Å². The van der Waals surface area contributed by atoms with Crippen LogP contribution in [0.1, 0.15) is 37.7 Å². The van der Waals surface area contributed by atoms with Crippen molar-refractivity contribution in [1.82, 2.24) is 10.4 Å². The third kappa shape index (κ3) is 3.54. The monoisotopic (exact) mass is 376 g/mol. The number of rotatable bonds is 4. The molecule has 5 rings (SSSR count). The average Bonchev–Trinajstić information content (AvgIpc) is 2.65. The first-order valence-corrected chi connectivity index (χ1v) is 10.0. The first kappa shape index (κ1) is 17.7. The Bertz CT molecular complexity index is 638. The molecule has 1 N–H and O–H groups in total. The van der Waals surface area contributed by atoms with E-state index in [2.05, 4.69) is 5.43 Å². The van der Waals surface area contributed by atoms with Crippen LogP contribution in [0.4, 0.5) is 4.79 Å². The number of amides is 2. The van der Waals surface area contributed by atoms with Gasteiger partial charge in [0, 0.05) is 0 Å². The fraction of sp³-hybridized carbons (Fsp3) is 0.600. The summed E-state index contributed by atoms with van der Waals surface area (Å²) >= 11 is 5.83. The Hall–Kier alpha value is -1.75. The quantitative estimate of drug-likeness (QED) is 0.643. The van der Waals surface area contributed by atoms with E-state index >= 15 is 0 Å². The van der Waals surface area contributed by atoms with Crippen LogP contribution in [0.15, 0.2) is 30.3 Å². The predicted molar refractivity (Wildman–Crippen MR) is 98.2 cm³/mol. The lowest BCUT2D eigenvalue weighted by molar-refractivity contribution is -0.146. The Morgan fingerprint density at radius 3 is 2.23 bits per heavy atom. The zero-order valence-electron chi connectivity index (χ0n) is 14.8. The zero-order valence-corrected chi connectivity index (χ0v) is 15.5. The number of nitrogens with zero attached hydrogens (tertiary/aromatic N) is 1. The van der Waals surface area contributed by atoms with Crippen molar-refractivity contribution in [1.29, 1.82) is 0 Å². The summed E-state index contributed by atoms with van der Waals surface area (Å²) in [6, 6.07) is 9.55. The molecule has 0 aromatic heterocycles. The summed E-state index contributed by atoms with van der Waals surface area (Å²) in [6.07, 6.45) is 5.38. The zero-order chi connectivity index (χ0) is 18.1. The number of ether oxygens (including phenoxy) is 1. The molecule has 0 unspecified atom stereocenters. The van der Waals surface area contributed by atoms with E-state index in [-0.39, 0.29) is 24.4 Å². The molecular formula is C20H25ClN2O3. The molecule has 0 radical (unpaired) electrons. The van der Waals surface area contributed by atoms with E-state index in [4.69, 9.17) is 16.3 Å². The maximum atomic E-state index is 12.5. The molecule has 4 fully saturated rings. The minimum Gasteiger partial charge on any atom is -0.443 e. The second-order valence-electron chi connectivity index (χ2n) is 7.99. The van der Waals surface area contributed by atoms with Crippen molar-refractivity contribution in [3.8, 4) is 0 Å². The molecule has 0 heterocycles. The van der Waals surface area contributed by atoms with Gasteiger partial charge in [0.05, 0.1) is 6.04 Å². The van der Waals surface area contributed by atoms with E-state index in [0.717, 1.165) is 43.1 Å². The Morgan fingerprint density at radius 2 is 1.65 bits per heavy atom. The van der Waals surface area contributed by atoms with Crippen LogP contribution in [0.3, 0.4) is 0 Å². The fourth-order valence-electron chi connectivity index (χ4n) is 5.54. The smallest absolute Gasteiger partial charge is 0.426 e. The number of alkyl halides is 1. The summed E-state index contributed by atoms with van der Waals surface area (Å²) in [5, 5.41) is 1.49. The minimum atomic E-state index is -0.596. The van der Waals surface area contributed by atoms with Crippen LogP contribution in [0.2, 0.25) is 0 Å². The lowest BCUT2D eigenvalue weighted by Crippen LogP contribution is -2.62. The van der Waals surface area contributed by atoms with Crippen molar-refractivity contribution in [2.24, 2.45) is 23.7 Å². The molecule has 4 bridgehead atoms. The van der Waals surface area contributed by atoms with Crippen LogP contribution in [0.25, 0.3) is 0 Å². The van der Waals surface area contributed by atoms with Crippen molar-refractivity contribution in [3.05, 3.63) is 35.9 Å². The lowest BCUT2D eigenvalue weighted by atomic mass is 9.54. The van der Waals surface area contributed by atoms with Gasteiger partial charge in [-0.15, -0.1) is 11.6 Å². The molecule has 0 spiro atoms. The highest BCUT2D eigenvalue weighted by Gasteiger charge is 2.51.